The molecule has 1 aliphatic rings. The van der Waals surface area contributed by atoms with Gasteiger partial charge in [-0.2, -0.15) is 4.31 Å². The fourth-order valence-corrected chi connectivity index (χ4v) is 5.82. The van der Waals surface area contributed by atoms with Crippen LogP contribution in [0, 0.1) is 6.92 Å². The summed E-state index contributed by atoms with van der Waals surface area (Å²) in [5.74, 6) is 0.118. The minimum atomic E-state index is -3.54. The van der Waals surface area contributed by atoms with Gasteiger partial charge in [-0.05, 0) is 36.8 Å². The van der Waals surface area contributed by atoms with Crippen LogP contribution in [0.4, 0.5) is 0 Å². The van der Waals surface area contributed by atoms with Gasteiger partial charge in [-0.25, -0.2) is 8.42 Å². The van der Waals surface area contributed by atoms with Crippen LogP contribution in [0.2, 0.25) is 5.02 Å². The van der Waals surface area contributed by atoms with E-state index in [1.807, 2.05) is 25.1 Å². The highest BCUT2D eigenvalue weighted by Crippen LogP contribution is 2.24. The molecule has 0 unspecified atom stereocenters. The van der Waals surface area contributed by atoms with Crippen molar-refractivity contribution in [3.05, 3.63) is 65.4 Å². The molecule has 1 fully saturated rings. The van der Waals surface area contributed by atoms with Crippen molar-refractivity contribution in [2.45, 2.75) is 17.0 Å². The highest BCUT2D eigenvalue weighted by atomic mass is 35.5. The lowest BCUT2D eigenvalue weighted by atomic mass is 10.2. The number of amides is 1. The number of rotatable bonds is 6. The second-order valence-corrected chi connectivity index (χ2v) is 10.6. The van der Waals surface area contributed by atoms with Crippen LogP contribution < -0.4 is 0 Å². The molecule has 1 aliphatic heterocycles. The van der Waals surface area contributed by atoms with Crippen LogP contribution in [0.5, 0.6) is 0 Å². The van der Waals surface area contributed by atoms with Gasteiger partial charge in [-0.1, -0.05) is 47.6 Å². The molecule has 0 aliphatic carbocycles. The molecule has 11 heteroatoms. The van der Waals surface area contributed by atoms with E-state index in [0.717, 1.165) is 11.3 Å². The van der Waals surface area contributed by atoms with Crippen molar-refractivity contribution in [1.82, 2.24) is 24.0 Å². The number of hydrogen-bond acceptors (Lipinski definition) is 6. The number of aromatic nitrogens is 3. The van der Waals surface area contributed by atoms with E-state index in [1.165, 1.54) is 16.1 Å². The molecule has 0 atom stereocenters. The van der Waals surface area contributed by atoms with Crippen molar-refractivity contribution in [3.63, 3.8) is 0 Å². The molecule has 1 saturated heterocycles. The fraction of sp³-hybridized carbons (Fsp3) is 0.286. The Labute approximate surface area is 196 Å². The first-order valence-corrected chi connectivity index (χ1v) is 12.8. The van der Waals surface area contributed by atoms with E-state index in [4.69, 9.17) is 11.6 Å². The Morgan fingerprint density at radius 1 is 1.09 bits per heavy atom. The van der Waals surface area contributed by atoms with E-state index < -0.39 is 10.0 Å². The lowest BCUT2D eigenvalue weighted by Crippen LogP contribution is -2.50. The number of aryl methyl sites for hydroxylation is 1. The second-order valence-electron chi connectivity index (χ2n) is 7.30. The molecule has 0 bridgehead atoms. The normalized spacial score (nSPS) is 15.1. The standard InChI is InChI=1S/C21H22ClN5O3S2/c1-16-7-8-17(13-19(16)22)27-15-23-24-21(27)31-14-20(28)25-9-11-26(12-10-25)32(29,30)18-5-3-2-4-6-18/h2-8,13,15H,9-12,14H2,1H3. The van der Waals surface area contributed by atoms with E-state index in [1.54, 1.807) is 46.1 Å². The Morgan fingerprint density at radius 2 is 1.81 bits per heavy atom. The summed E-state index contributed by atoms with van der Waals surface area (Å²) in [6.45, 7) is 3.17. The van der Waals surface area contributed by atoms with Crippen LogP contribution in [0.3, 0.4) is 0 Å². The third-order valence-electron chi connectivity index (χ3n) is 5.25. The summed E-state index contributed by atoms with van der Waals surface area (Å²) in [6, 6.07) is 14.0. The zero-order valence-corrected chi connectivity index (χ0v) is 19.8. The number of hydrogen-bond donors (Lipinski definition) is 0. The molecule has 0 N–H and O–H groups in total. The minimum absolute atomic E-state index is 0.0664. The number of benzene rings is 2. The molecule has 0 radical (unpaired) electrons. The molecule has 4 rings (SSSR count). The van der Waals surface area contributed by atoms with E-state index in [9.17, 15) is 13.2 Å². The van der Waals surface area contributed by atoms with Crippen LogP contribution in [-0.4, -0.2) is 70.2 Å². The topological polar surface area (TPSA) is 88.4 Å². The zero-order chi connectivity index (χ0) is 22.7. The van der Waals surface area contributed by atoms with Gasteiger partial charge in [0.05, 0.1) is 16.3 Å². The summed E-state index contributed by atoms with van der Waals surface area (Å²) in [5, 5.41) is 9.30. The zero-order valence-electron chi connectivity index (χ0n) is 17.4. The van der Waals surface area contributed by atoms with Crippen molar-refractivity contribution in [3.8, 4) is 5.69 Å². The second kappa shape index (κ2) is 9.62. The van der Waals surface area contributed by atoms with E-state index >= 15 is 0 Å². The Bertz CT molecular complexity index is 1210. The number of nitrogens with zero attached hydrogens (tertiary/aromatic N) is 5. The van der Waals surface area contributed by atoms with Crippen molar-refractivity contribution in [1.29, 1.82) is 0 Å². The minimum Gasteiger partial charge on any atom is -0.339 e. The molecule has 168 valence electrons. The first-order chi connectivity index (χ1) is 15.4. The molecule has 8 nitrogen and oxygen atoms in total. The van der Waals surface area contributed by atoms with E-state index in [2.05, 4.69) is 10.2 Å². The molecule has 2 aromatic carbocycles. The Kier molecular flexibility index (Phi) is 6.85. The fourth-order valence-electron chi connectivity index (χ4n) is 3.37. The smallest absolute Gasteiger partial charge is 0.243 e. The maximum absolute atomic E-state index is 12.8. The maximum Gasteiger partial charge on any atom is 0.243 e. The summed E-state index contributed by atoms with van der Waals surface area (Å²) in [6.07, 6.45) is 1.58. The van der Waals surface area contributed by atoms with Gasteiger partial charge in [0.25, 0.3) is 0 Å². The first kappa shape index (κ1) is 22.8. The molecular formula is C21H22ClN5O3S2. The van der Waals surface area contributed by atoms with Gasteiger partial charge in [-0.3, -0.25) is 9.36 Å². The lowest BCUT2D eigenvalue weighted by Gasteiger charge is -2.34. The van der Waals surface area contributed by atoms with Crippen molar-refractivity contribution < 1.29 is 13.2 Å². The number of halogens is 1. The molecule has 1 aromatic heterocycles. The summed E-state index contributed by atoms with van der Waals surface area (Å²) >= 11 is 7.51. The van der Waals surface area contributed by atoms with Crippen molar-refractivity contribution >= 4 is 39.3 Å². The van der Waals surface area contributed by atoms with Gasteiger partial charge in [0.1, 0.15) is 6.33 Å². The van der Waals surface area contributed by atoms with Crippen molar-refractivity contribution in [2.24, 2.45) is 0 Å². The molecule has 0 saturated carbocycles. The average molecular weight is 492 g/mol. The van der Waals surface area contributed by atoms with Crippen molar-refractivity contribution in [2.75, 3.05) is 31.9 Å². The van der Waals surface area contributed by atoms with Crippen LogP contribution in [0.15, 0.2) is 64.9 Å². The van der Waals surface area contributed by atoms with E-state index in [-0.39, 0.29) is 29.6 Å². The maximum atomic E-state index is 12.8. The summed E-state index contributed by atoms with van der Waals surface area (Å²) < 4.78 is 28.7. The quantitative estimate of drug-likeness (QED) is 0.493. The predicted octanol–water partition coefficient (Wildman–Crippen LogP) is 2.85. The largest absolute Gasteiger partial charge is 0.339 e. The van der Waals surface area contributed by atoms with Gasteiger partial charge in [0.2, 0.25) is 15.9 Å². The highest BCUT2D eigenvalue weighted by Gasteiger charge is 2.30. The van der Waals surface area contributed by atoms with E-state index in [0.29, 0.717) is 23.3 Å². The lowest BCUT2D eigenvalue weighted by molar-refractivity contribution is -0.129. The van der Waals surface area contributed by atoms with Crippen LogP contribution in [0.25, 0.3) is 5.69 Å². The number of thioether (sulfide) groups is 1. The third-order valence-corrected chi connectivity index (χ3v) is 8.50. The van der Waals surface area contributed by atoms with Gasteiger partial charge in [0, 0.05) is 31.2 Å². The van der Waals surface area contributed by atoms with Gasteiger partial charge < -0.3 is 4.90 Å². The van der Waals surface area contributed by atoms with Crippen LogP contribution in [0.1, 0.15) is 5.56 Å². The monoisotopic (exact) mass is 491 g/mol. The Morgan fingerprint density at radius 3 is 2.50 bits per heavy atom. The first-order valence-electron chi connectivity index (χ1n) is 9.98. The third kappa shape index (κ3) is 4.83. The molecule has 32 heavy (non-hydrogen) atoms. The van der Waals surface area contributed by atoms with Crippen LogP contribution >= 0.6 is 23.4 Å². The van der Waals surface area contributed by atoms with Crippen LogP contribution in [-0.2, 0) is 14.8 Å². The van der Waals surface area contributed by atoms with Gasteiger partial charge in [-0.15, -0.1) is 10.2 Å². The van der Waals surface area contributed by atoms with Gasteiger partial charge in [0.15, 0.2) is 5.16 Å². The Hall–Kier alpha value is -2.40. The predicted molar refractivity (Wildman–Crippen MR) is 124 cm³/mol. The molecule has 2 heterocycles. The molecule has 1 amide bonds. The number of piperazine rings is 1. The SMILES string of the molecule is Cc1ccc(-n2cnnc2SCC(=O)N2CCN(S(=O)(=O)c3ccccc3)CC2)cc1Cl. The molecular weight excluding hydrogens is 470 g/mol. The summed E-state index contributed by atoms with van der Waals surface area (Å²) in [5.41, 5.74) is 1.79. The molecule has 0 spiro atoms. The summed E-state index contributed by atoms with van der Waals surface area (Å²) in [7, 11) is -3.54. The highest BCUT2D eigenvalue weighted by molar-refractivity contribution is 7.99. The Balaban J connectivity index is 1.35. The van der Waals surface area contributed by atoms with Gasteiger partial charge >= 0.3 is 0 Å². The number of carbonyl (C=O) groups is 1. The average Bonchev–Trinajstić information content (AvgIpc) is 3.28. The number of sulfonamides is 1. The summed E-state index contributed by atoms with van der Waals surface area (Å²) in [4.78, 5) is 14.7. The molecule has 3 aromatic rings. The number of carbonyl (C=O) groups excluding carboxylic acids is 1.